The maximum atomic E-state index is 12.0. The molecule has 0 radical (unpaired) electrons. The maximum Gasteiger partial charge on any atom is 0.305 e. The second-order valence-electron chi connectivity index (χ2n) is 4.12. The Morgan fingerprint density at radius 2 is 2.18 bits per heavy atom. The van der Waals surface area contributed by atoms with Gasteiger partial charge in [0.2, 0.25) is 0 Å². The predicted molar refractivity (Wildman–Crippen MR) is 61.5 cm³/mol. The first-order valence-corrected chi connectivity index (χ1v) is 5.94. The van der Waals surface area contributed by atoms with E-state index >= 15 is 0 Å². The van der Waals surface area contributed by atoms with E-state index in [1.807, 2.05) is 6.92 Å². The fourth-order valence-electron chi connectivity index (χ4n) is 1.92. The number of hydrogen-bond donors (Lipinski definition) is 2. The molecule has 98 valence electrons. The molecule has 0 aromatic rings. The zero-order chi connectivity index (χ0) is 12.8. The molecule has 0 aromatic carbocycles. The molecule has 1 aliphatic rings. The first kappa shape index (κ1) is 13.9. The van der Waals surface area contributed by atoms with Gasteiger partial charge >= 0.3 is 5.97 Å². The van der Waals surface area contributed by atoms with Gasteiger partial charge in [0.05, 0.1) is 12.5 Å². The summed E-state index contributed by atoms with van der Waals surface area (Å²) >= 11 is 0. The molecule has 2 unspecified atom stereocenters. The van der Waals surface area contributed by atoms with Crippen molar-refractivity contribution in [3.05, 3.63) is 0 Å². The minimum atomic E-state index is -0.900. The molecular weight excluding hydrogens is 224 g/mol. The van der Waals surface area contributed by atoms with Crippen LogP contribution in [0.3, 0.4) is 0 Å². The number of nitrogens with zero attached hydrogens (tertiary/aromatic N) is 1. The molecule has 1 fully saturated rings. The van der Waals surface area contributed by atoms with E-state index in [4.69, 9.17) is 15.6 Å². The summed E-state index contributed by atoms with van der Waals surface area (Å²) in [6.45, 7) is 2.98. The van der Waals surface area contributed by atoms with Crippen molar-refractivity contribution in [3.8, 4) is 0 Å². The summed E-state index contributed by atoms with van der Waals surface area (Å²) in [5.74, 6) is -1.02. The highest BCUT2D eigenvalue weighted by molar-refractivity contribution is 5.81. The number of carboxylic acid groups (broad SMARTS) is 1. The molecule has 0 spiro atoms. The van der Waals surface area contributed by atoms with Crippen LogP contribution in [0.1, 0.15) is 26.2 Å². The Morgan fingerprint density at radius 1 is 1.47 bits per heavy atom. The fourth-order valence-corrected chi connectivity index (χ4v) is 1.92. The minimum Gasteiger partial charge on any atom is -0.481 e. The molecule has 1 heterocycles. The number of likely N-dealkylation sites (N-methyl/N-ethyl adjacent to an activating group) is 1. The van der Waals surface area contributed by atoms with Gasteiger partial charge in [-0.05, 0) is 19.8 Å². The summed E-state index contributed by atoms with van der Waals surface area (Å²) in [7, 11) is 0. The van der Waals surface area contributed by atoms with E-state index in [0.717, 1.165) is 6.42 Å². The third kappa shape index (κ3) is 3.98. The van der Waals surface area contributed by atoms with Gasteiger partial charge in [-0.15, -0.1) is 0 Å². The van der Waals surface area contributed by atoms with Gasteiger partial charge in [0.1, 0.15) is 6.10 Å². The van der Waals surface area contributed by atoms with Gasteiger partial charge in [-0.2, -0.15) is 0 Å². The Bertz CT molecular complexity index is 283. The Labute approximate surface area is 101 Å². The number of amides is 1. The lowest BCUT2D eigenvalue weighted by Gasteiger charge is -2.23. The summed E-state index contributed by atoms with van der Waals surface area (Å²) < 4.78 is 5.50. The average Bonchev–Trinajstić information content (AvgIpc) is 2.77. The number of rotatable bonds is 6. The van der Waals surface area contributed by atoms with Crippen LogP contribution in [0.5, 0.6) is 0 Å². The zero-order valence-electron chi connectivity index (χ0n) is 10.1. The molecule has 3 N–H and O–H groups in total. The largest absolute Gasteiger partial charge is 0.481 e. The topological polar surface area (TPSA) is 92.9 Å². The van der Waals surface area contributed by atoms with Crippen molar-refractivity contribution in [3.63, 3.8) is 0 Å². The number of nitrogens with two attached hydrogens (primary N) is 1. The van der Waals surface area contributed by atoms with Crippen molar-refractivity contribution in [2.45, 2.75) is 38.4 Å². The number of ether oxygens (including phenoxy) is 1. The summed E-state index contributed by atoms with van der Waals surface area (Å²) in [5.41, 5.74) is 5.48. The molecule has 6 heteroatoms. The fraction of sp³-hybridized carbons (Fsp3) is 0.818. The Kier molecular flexibility index (Phi) is 5.37. The van der Waals surface area contributed by atoms with E-state index in [0.29, 0.717) is 19.5 Å². The van der Waals surface area contributed by atoms with Gasteiger partial charge in [-0.25, -0.2) is 0 Å². The average molecular weight is 244 g/mol. The number of carboxylic acids is 1. The van der Waals surface area contributed by atoms with Crippen molar-refractivity contribution in [1.29, 1.82) is 0 Å². The normalized spacial score (nSPS) is 23.6. The van der Waals surface area contributed by atoms with Gasteiger partial charge in [0.15, 0.2) is 0 Å². The first-order chi connectivity index (χ1) is 8.08. The molecule has 6 nitrogen and oxygen atoms in total. The van der Waals surface area contributed by atoms with Crippen LogP contribution < -0.4 is 5.73 Å². The van der Waals surface area contributed by atoms with Crippen LogP contribution in [-0.2, 0) is 14.3 Å². The molecule has 1 saturated heterocycles. The zero-order valence-corrected chi connectivity index (χ0v) is 10.1. The van der Waals surface area contributed by atoms with Gasteiger partial charge in [0, 0.05) is 19.6 Å². The van der Waals surface area contributed by atoms with Crippen LogP contribution in [-0.4, -0.2) is 53.7 Å². The highest BCUT2D eigenvalue weighted by Gasteiger charge is 2.32. The Morgan fingerprint density at radius 3 is 2.65 bits per heavy atom. The van der Waals surface area contributed by atoms with Crippen LogP contribution in [0.25, 0.3) is 0 Å². The lowest BCUT2D eigenvalue weighted by Crippen LogP contribution is -2.40. The summed E-state index contributed by atoms with van der Waals surface area (Å²) in [6, 6.07) is 0. The second-order valence-corrected chi connectivity index (χ2v) is 4.12. The number of hydrogen-bond acceptors (Lipinski definition) is 4. The third-order valence-electron chi connectivity index (χ3n) is 2.93. The summed E-state index contributed by atoms with van der Waals surface area (Å²) in [5, 5.41) is 8.60. The SMILES string of the molecule is CCN(CCC(=O)O)C(=O)C1CCC(CN)O1. The Balaban J connectivity index is 2.46. The van der Waals surface area contributed by atoms with Gasteiger partial charge in [-0.1, -0.05) is 0 Å². The quantitative estimate of drug-likeness (QED) is 0.676. The smallest absolute Gasteiger partial charge is 0.305 e. The molecule has 0 aromatic heterocycles. The van der Waals surface area contributed by atoms with Crippen molar-refractivity contribution in [1.82, 2.24) is 4.90 Å². The molecule has 0 aliphatic carbocycles. The van der Waals surface area contributed by atoms with E-state index in [1.165, 1.54) is 4.90 Å². The van der Waals surface area contributed by atoms with Gasteiger partial charge in [0.25, 0.3) is 5.91 Å². The molecular formula is C11H20N2O4. The molecule has 1 aliphatic heterocycles. The van der Waals surface area contributed by atoms with Crippen molar-refractivity contribution < 1.29 is 19.4 Å². The van der Waals surface area contributed by atoms with Gasteiger partial charge in [-0.3, -0.25) is 9.59 Å². The number of carbonyl (C=O) groups is 2. The molecule has 17 heavy (non-hydrogen) atoms. The molecule has 1 rings (SSSR count). The van der Waals surface area contributed by atoms with Gasteiger partial charge < -0.3 is 20.5 Å². The highest BCUT2D eigenvalue weighted by Crippen LogP contribution is 2.20. The minimum absolute atomic E-state index is 0.0351. The lowest BCUT2D eigenvalue weighted by atomic mass is 10.1. The molecule has 2 atom stereocenters. The van der Waals surface area contributed by atoms with Crippen LogP contribution in [0.2, 0.25) is 0 Å². The molecule has 0 bridgehead atoms. The lowest BCUT2D eigenvalue weighted by molar-refractivity contribution is -0.144. The Hall–Kier alpha value is -1.14. The van der Waals surface area contributed by atoms with E-state index in [-0.39, 0.29) is 25.0 Å². The summed E-state index contributed by atoms with van der Waals surface area (Å²) in [4.78, 5) is 24.0. The van der Waals surface area contributed by atoms with Crippen molar-refractivity contribution in [2.24, 2.45) is 5.73 Å². The van der Waals surface area contributed by atoms with Crippen LogP contribution >= 0.6 is 0 Å². The standard InChI is InChI=1S/C11H20N2O4/c1-2-13(6-5-10(14)15)11(16)9-4-3-8(7-12)17-9/h8-9H,2-7,12H2,1H3,(H,14,15). The third-order valence-corrected chi connectivity index (χ3v) is 2.93. The van der Waals surface area contributed by atoms with E-state index < -0.39 is 12.1 Å². The summed E-state index contributed by atoms with van der Waals surface area (Å²) in [6.07, 6.45) is 0.944. The highest BCUT2D eigenvalue weighted by atomic mass is 16.5. The number of aliphatic carboxylic acids is 1. The second kappa shape index (κ2) is 6.56. The van der Waals surface area contributed by atoms with Crippen molar-refractivity contribution >= 4 is 11.9 Å². The van der Waals surface area contributed by atoms with Crippen LogP contribution in [0.4, 0.5) is 0 Å². The van der Waals surface area contributed by atoms with Crippen LogP contribution in [0.15, 0.2) is 0 Å². The molecule has 0 saturated carbocycles. The van der Waals surface area contributed by atoms with E-state index in [1.54, 1.807) is 0 Å². The number of carbonyl (C=O) groups excluding carboxylic acids is 1. The van der Waals surface area contributed by atoms with Crippen molar-refractivity contribution in [2.75, 3.05) is 19.6 Å². The van der Waals surface area contributed by atoms with E-state index in [9.17, 15) is 9.59 Å². The molecule has 1 amide bonds. The van der Waals surface area contributed by atoms with Crippen LogP contribution in [0, 0.1) is 0 Å². The maximum absolute atomic E-state index is 12.0. The first-order valence-electron chi connectivity index (χ1n) is 5.94. The van der Waals surface area contributed by atoms with E-state index in [2.05, 4.69) is 0 Å². The predicted octanol–water partition coefficient (Wildman–Crippen LogP) is -0.184. The monoisotopic (exact) mass is 244 g/mol.